The molecule has 1 unspecified atom stereocenters. The number of carbonyl (C=O) groups is 2. The molecule has 2 amide bonds. The molecule has 1 fully saturated rings. The van der Waals surface area contributed by atoms with Crippen molar-refractivity contribution in [3.63, 3.8) is 0 Å². The predicted octanol–water partition coefficient (Wildman–Crippen LogP) is 2.06. The van der Waals surface area contributed by atoms with E-state index in [2.05, 4.69) is 5.32 Å². The Morgan fingerprint density at radius 3 is 2.63 bits per heavy atom. The predicted molar refractivity (Wildman–Crippen MR) is 114 cm³/mol. The minimum atomic E-state index is -0.704. The third kappa shape index (κ3) is 3.63. The lowest BCUT2D eigenvalue weighted by Gasteiger charge is -2.29. The van der Waals surface area contributed by atoms with Crippen LogP contribution >= 0.6 is 12.2 Å². The molecule has 0 aliphatic carbocycles. The van der Waals surface area contributed by atoms with Gasteiger partial charge in [0.15, 0.2) is 16.6 Å². The molecular formula is C21H21N3O5S. The summed E-state index contributed by atoms with van der Waals surface area (Å²) in [6.45, 7) is 0.528. The fourth-order valence-electron chi connectivity index (χ4n) is 3.57. The van der Waals surface area contributed by atoms with Crippen molar-refractivity contribution in [3.8, 4) is 17.2 Å². The van der Waals surface area contributed by atoms with Gasteiger partial charge in [-0.25, -0.2) is 4.90 Å². The number of fused-ring (bicyclic) bond motifs is 1. The maximum atomic E-state index is 13.2. The van der Waals surface area contributed by atoms with Crippen LogP contribution in [0.5, 0.6) is 17.2 Å². The van der Waals surface area contributed by atoms with Crippen molar-refractivity contribution in [2.75, 3.05) is 25.9 Å². The van der Waals surface area contributed by atoms with E-state index < -0.39 is 6.04 Å². The van der Waals surface area contributed by atoms with Crippen molar-refractivity contribution in [2.24, 2.45) is 0 Å². The van der Waals surface area contributed by atoms with Gasteiger partial charge in [0.25, 0.3) is 5.91 Å². The molecule has 2 heterocycles. The lowest BCUT2D eigenvalue weighted by atomic mass is 10.1. The van der Waals surface area contributed by atoms with Crippen LogP contribution in [0.2, 0.25) is 0 Å². The molecule has 30 heavy (non-hydrogen) atoms. The van der Waals surface area contributed by atoms with Gasteiger partial charge in [0.1, 0.15) is 11.8 Å². The zero-order valence-electron chi connectivity index (χ0n) is 16.6. The van der Waals surface area contributed by atoms with Gasteiger partial charge in [0, 0.05) is 13.6 Å². The largest absolute Gasteiger partial charge is 0.497 e. The highest BCUT2D eigenvalue weighted by Gasteiger charge is 2.43. The van der Waals surface area contributed by atoms with E-state index in [1.807, 2.05) is 18.2 Å². The molecule has 0 spiro atoms. The summed E-state index contributed by atoms with van der Waals surface area (Å²) in [6, 6.07) is 11.7. The summed E-state index contributed by atoms with van der Waals surface area (Å²) in [4.78, 5) is 28.9. The Balaban J connectivity index is 1.59. The average molecular weight is 427 g/mol. The van der Waals surface area contributed by atoms with Crippen molar-refractivity contribution in [2.45, 2.75) is 19.0 Å². The van der Waals surface area contributed by atoms with Crippen molar-refractivity contribution >= 4 is 34.8 Å². The van der Waals surface area contributed by atoms with Crippen molar-refractivity contribution in [3.05, 3.63) is 48.0 Å². The van der Waals surface area contributed by atoms with E-state index in [0.29, 0.717) is 34.6 Å². The molecule has 2 aliphatic heterocycles. The topological polar surface area (TPSA) is 80.3 Å². The average Bonchev–Trinajstić information content (AvgIpc) is 3.35. The van der Waals surface area contributed by atoms with E-state index in [1.165, 1.54) is 4.90 Å². The number of imide groups is 1. The van der Waals surface area contributed by atoms with Gasteiger partial charge >= 0.3 is 0 Å². The van der Waals surface area contributed by atoms with Gasteiger partial charge in [-0.3, -0.25) is 9.59 Å². The summed E-state index contributed by atoms with van der Waals surface area (Å²) in [7, 11) is 3.25. The van der Waals surface area contributed by atoms with Crippen LogP contribution in [0, 0.1) is 0 Å². The Morgan fingerprint density at radius 2 is 1.93 bits per heavy atom. The molecule has 2 aliphatic rings. The molecule has 1 saturated heterocycles. The summed E-state index contributed by atoms with van der Waals surface area (Å²) in [5.41, 5.74) is 1.40. The van der Waals surface area contributed by atoms with Crippen LogP contribution in [0.4, 0.5) is 5.69 Å². The molecule has 1 N–H and O–H groups in total. The highest BCUT2D eigenvalue weighted by atomic mass is 32.1. The van der Waals surface area contributed by atoms with Gasteiger partial charge in [-0.05, 0) is 54.2 Å². The summed E-state index contributed by atoms with van der Waals surface area (Å²) in [5.74, 6) is 1.39. The number of methoxy groups -OCH3 is 1. The number of nitrogens with zero attached hydrogens (tertiary/aromatic N) is 2. The molecule has 0 saturated carbocycles. The second-order valence-corrected chi connectivity index (χ2v) is 7.24. The maximum absolute atomic E-state index is 13.2. The number of rotatable bonds is 5. The minimum absolute atomic E-state index is 0.0389. The first-order valence-electron chi connectivity index (χ1n) is 9.39. The number of carbonyl (C=O) groups excluding carboxylic acids is 2. The fourth-order valence-corrected chi connectivity index (χ4v) is 3.76. The molecule has 0 aromatic heterocycles. The smallest absolute Gasteiger partial charge is 0.257 e. The highest BCUT2D eigenvalue weighted by molar-refractivity contribution is 7.80. The van der Waals surface area contributed by atoms with E-state index in [1.54, 1.807) is 43.3 Å². The number of amides is 2. The van der Waals surface area contributed by atoms with Crippen LogP contribution in [-0.2, 0) is 16.1 Å². The van der Waals surface area contributed by atoms with Gasteiger partial charge in [-0.1, -0.05) is 6.07 Å². The first kappa shape index (κ1) is 20.0. The zero-order chi connectivity index (χ0) is 21.3. The van der Waals surface area contributed by atoms with Gasteiger partial charge in [-0.15, -0.1) is 0 Å². The second kappa shape index (κ2) is 8.19. The molecule has 0 bridgehead atoms. The number of hydrogen-bond donors (Lipinski definition) is 1. The van der Waals surface area contributed by atoms with Crippen LogP contribution in [0.1, 0.15) is 12.0 Å². The Morgan fingerprint density at radius 1 is 1.20 bits per heavy atom. The van der Waals surface area contributed by atoms with Crippen molar-refractivity contribution in [1.29, 1.82) is 0 Å². The Bertz CT molecular complexity index is 995. The van der Waals surface area contributed by atoms with Crippen molar-refractivity contribution < 1.29 is 23.8 Å². The first-order valence-corrected chi connectivity index (χ1v) is 9.80. The molecule has 156 valence electrons. The normalized spacial score (nSPS) is 17.3. The number of nitrogens with one attached hydrogen (secondary N) is 1. The lowest BCUT2D eigenvalue weighted by molar-refractivity contribution is -0.122. The monoisotopic (exact) mass is 427 g/mol. The standard InChI is InChI=1S/C21H21N3O5S/c1-22-21(30)23(11-13-3-8-17-18(9-13)29-12-28-17)16-10-19(25)24(20(16)26)14-4-6-15(27-2)7-5-14/h3-9,16H,10-12H2,1-2H3,(H,22,30). The lowest BCUT2D eigenvalue weighted by Crippen LogP contribution is -2.48. The van der Waals surface area contributed by atoms with Crippen molar-refractivity contribution in [1.82, 2.24) is 10.2 Å². The van der Waals surface area contributed by atoms with Gasteiger partial charge in [-0.2, -0.15) is 0 Å². The fraction of sp³-hybridized carbons (Fsp3) is 0.286. The molecule has 1 atom stereocenters. The summed E-state index contributed by atoms with van der Waals surface area (Å²) in [6.07, 6.45) is 0.0389. The third-order valence-corrected chi connectivity index (χ3v) is 5.53. The maximum Gasteiger partial charge on any atom is 0.257 e. The molecular weight excluding hydrogens is 406 g/mol. The number of hydrogen-bond acceptors (Lipinski definition) is 6. The molecule has 2 aromatic carbocycles. The van der Waals surface area contributed by atoms with E-state index in [9.17, 15) is 9.59 Å². The first-order chi connectivity index (χ1) is 14.5. The Hall–Kier alpha value is -3.33. The molecule has 0 radical (unpaired) electrons. The van der Waals surface area contributed by atoms with Crippen LogP contribution in [-0.4, -0.2) is 48.8 Å². The van der Waals surface area contributed by atoms with Crippen LogP contribution < -0.4 is 24.4 Å². The number of ether oxygens (including phenoxy) is 3. The van der Waals surface area contributed by atoms with E-state index in [0.717, 1.165) is 5.56 Å². The second-order valence-electron chi connectivity index (χ2n) is 6.86. The van der Waals surface area contributed by atoms with Crippen LogP contribution in [0.25, 0.3) is 0 Å². The number of thiocarbonyl (C=S) groups is 1. The van der Waals surface area contributed by atoms with E-state index >= 15 is 0 Å². The zero-order valence-corrected chi connectivity index (χ0v) is 17.4. The SMILES string of the molecule is CNC(=S)N(Cc1ccc2c(c1)OCO2)C1CC(=O)N(c2ccc(OC)cc2)C1=O. The summed E-state index contributed by atoms with van der Waals surface area (Å²) in [5, 5.41) is 3.31. The van der Waals surface area contributed by atoms with E-state index in [-0.39, 0.29) is 25.0 Å². The third-order valence-electron chi connectivity index (χ3n) is 5.09. The number of anilines is 1. The number of benzene rings is 2. The molecule has 9 heteroatoms. The molecule has 4 rings (SSSR count). The van der Waals surface area contributed by atoms with E-state index in [4.69, 9.17) is 26.4 Å². The Labute approximate surface area is 179 Å². The summed E-state index contributed by atoms with van der Waals surface area (Å²) < 4.78 is 15.9. The molecule has 8 nitrogen and oxygen atoms in total. The van der Waals surface area contributed by atoms with Gasteiger partial charge in [0.05, 0.1) is 19.2 Å². The minimum Gasteiger partial charge on any atom is -0.497 e. The Kier molecular flexibility index (Phi) is 5.45. The van der Waals surface area contributed by atoms with Crippen LogP contribution in [0.15, 0.2) is 42.5 Å². The van der Waals surface area contributed by atoms with Gasteiger partial charge < -0.3 is 24.4 Å². The van der Waals surface area contributed by atoms with Crippen LogP contribution in [0.3, 0.4) is 0 Å². The summed E-state index contributed by atoms with van der Waals surface area (Å²) >= 11 is 5.45. The highest BCUT2D eigenvalue weighted by Crippen LogP contribution is 2.34. The quantitative estimate of drug-likeness (QED) is 0.574. The van der Waals surface area contributed by atoms with Gasteiger partial charge in [0.2, 0.25) is 12.7 Å². The molecule has 2 aromatic rings.